The van der Waals surface area contributed by atoms with Crippen LogP contribution in [0.5, 0.6) is 6.01 Å². The summed E-state index contributed by atoms with van der Waals surface area (Å²) in [6, 6.07) is 0.122. The Balaban J connectivity index is 2.23. The number of hydrogen-bond acceptors (Lipinski definition) is 6. The molecule has 0 radical (unpaired) electrons. The van der Waals surface area contributed by atoms with Crippen LogP contribution in [-0.2, 0) is 4.79 Å². The molecule has 0 bridgehead atoms. The smallest absolute Gasteiger partial charge is 0.322 e. The van der Waals surface area contributed by atoms with E-state index in [9.17, 15) is 4.79 Å². The lowest BCUT2D eigenvalue weighted by Crippen LogP contribution is -2.24. The summed E-state index contributed by atoms with van der Waals surface area (Å²) in [6.45, 7) is 2.82. The number of halogens is 1. The van der Waals surface area contributed by atoms with Gasteiger partial charge >= 0.3 is 12.0 Å². The maximum Gasteiger partial charge on any atom is 0.322 e. The summed E-state index contributed by atoms with van der Waals surface area (Å²) in [7, 11) is 1.43. The summed E-state index contributed by atoms with van der Waals surface area (Å²) in [4.78, 5) is 24.7. The van der Waals surface area contributed by atoms with E-state index in [4.69, 9.17) is 21.4 Å². The molecule has 0 unspecified atom stereocenters. The highest BCUT2D eigenvalue weighted by Gasteiger charge is 2.36. The van der Waals surface area contributed by atoms with Crippen LogP contribution in [0.25, 0.3) is 0 Å². The van der Waals surface area contributed by atoms with E-state index in [0.717, 1.165) is 0 Å². The van der Waals surface area contributed by atoms with Crippen molar-refractivity contribution < 1.29 is 14.6 Å². The van der Waals surface area contributed by atoms with Crippen LogP contribution in [0.15, 0.2) is 0 Å². The fourth-order valence-electron chi connectivity index (χ4n) is 2.01. The molecule has 0 spiro atoms. The molecule has 1 aromatic rings. The van der Waals surface area contributed by atoms with Crippen LogP contribution in [-0.4, -0.2) is 46.2 Å². The van der Waals surface area contributed by atoms with Crippen molar-refractivity contribution in [2.45, 2.75) is 6.92 Å². The average molecular weight is 273 g/mol. The first-order valence-corrected chi connectivity index (χ1v) is 5.82. The zero-order valence-corrected chi connectivity index (χ0v) is 10.8. The van der Waals surface area contributed by atoms with Crippen molar-refractivity contribution in [3.05, 3.63) is 5.28 Å². The predicted octanol–water partition coefficient (Wildman–Crippen LogP) is 0.690. The second kappa shape index (κ2) is 4.93. The number of nitrogens with zero attached hydrogens (tertiary/aromatic N) is 4. The second-order valence-electron chi connectivity index (χ2n) is 4.22. The summed E-state index contributed by atoms with van der Waals surface area (Å²) in [5.74, 6) is -0.852. The Kier molecular flexibility index (Phi) is 3.51. The number of carboxylic acids is 1. The lowest BCUT2D eigenvalue weighted by atomic mass is 9.99. The molecule has 0 aliphatic carbocycles. The SMILES string of the molecule is COc1nc(Cl)nc(N2C[C@@H](C)[C@H](C(=O)O)C2)n1. The minimum atomic E-state index is -0.808. The van der Waals surface area contributed by atoms with Crippen LogP contribution >= 0.6 is 11.6 Å². The van der Waals surface area contributed by atoms with Gasteiger partial charge in [-0.05, 0) is 17.5 Å². The molecule has 1 N–H and O–H groups in total. The Morgan fingerprint density at radius 3 is 2.72 bits per heavy atom. The first-order chi connectivity index (χ1) is 8.51. The van der Waals surface area contributed by atoms with Crippen LogP contribution in [0.4, 0.5) is 5.95 Å². The third-order valence-electron chi connectivity index (χ3n) is 2.97. The Labute approximate surface area is 109 Å². The van der Waals surface area contributed by atoms with Gasteiger partial charge in [0.25, 0.3) is 0 Å². The largest absolute Gasteiger partial charge is 0.481 e. The normalized spacial score (nSPS) is 23.2. The van der Waals surface area contributed by atoms with E-state index in [1.165, 1.54) is 7.11 Å². The lowest BCUT2D eigenvalue weighted by molar-refractivity contribution is -0.142. The van der Waals surface area contributed by atoms with E-state index in [1.807, 2.05) is 6.92 Å². The van der Waals surface area contributed by atoms with E-state index in [0.29, 0.717) is 19.0 Å². The zero-order chi connectivity index (χ0) is 13.3. The number of hydrogen-bond donors (Lipinski definition) is 1. The van der Waals surface area contributed by atoms with Crippen LogP contribution in [0.3, 0.4) is 0 Å². The van der Waals surface area contributed by atoms with Crippen LogP contribution in [0, 0.1) is 11.8 Å². The molecular formula is C10H13ClN4O3. The minimum absolute atomic E-state index is 0.0308. The third kappa shape index (κ3) is 2.45. The maximum atomic E-state index is 11.0. The first kappa shape index (κ1) is 12.8. The molecule has 2 heterocycles. The molecule has 1 aliphatic heterocycles. The summed E-state index contributed by atoms with van der Waals surface area (Å²) >= 11 is 5.76. The van der Waals surface area contributed by atoms with Crippen molar-refractivity contribution in [2.24, 2.45) is 11.8 Å². The molecular weight excluding hydrogens is 260 g/mol. The van der Waals surface area contributed by atoms with Crippen molar-refractivity contribution in [2.75, 3.05) is 25.1 Å². The van der Waals surface area contributed by atoms with Gasteiger partial charge in [-0.1, -0.05) is 6.92 Å². The van der Waals surface area contributed by atoms with Crippen molar-refractivity contribution >= 4 is 23.5 Å². The molecule has 8 heteroatoms. The van der Waals surface area contributed by atoms with Crippen LogP contribution < -0.4 is 9.64 Å². The van der Waals surface area contributed by atoms with Crippen molar-refractivity contribution in [1.82, 2.24) is 15.0 Å². The molecule has 2 atom stereocenters. The maximum absolute atomic E-state index is 11.0. The highest BCUT2D eigenvalue weighted by atomic mass is 35.5. The van der Waals surface area contributed by atoms with E-state index in [-0.39, 0.29) is 17.2 Å². The van der Waals surface area contributed by atoms with E-state index >= 15 is 0 Å². The van der Waals surface area contributed by atoms with Gasteiger partial charge in [-0.15, -0.1) is 0 Å². The zero-order valence-electron chi connectivity index (χ0n) is 10.00. The van der Waals surface area contributed by atoms with Gasteiger partial charge in [0.1, 0.15) is 0 Å². The number of aromatic nitrogens is 3. The van der Waals surface area contributed by atoms with Gasteiger partial charge in [0.15, 0.2) is 0 Å². The molecule has 7 nitrogen and oxygen atoms in total. The number of carbonyl (C=O) groups is 1. The Morgan fingerprint density at radius 1 is 1.44 bits per heavy atom. The van der Waals surface area contributed by atoms with Gasteiger partial charge in [0.2, 0.25) is 11.2 Å². The van der Waals surface area contributed by atoms with Gasteiger partial charge in [0, 0.05) is 13.1 Å². The summed E-state index contributed by atoms with van der Waals surface area (Å²) in [6.07, 6.45) is 0. The molecule has 0 saturated carbocycles. The molecule has 98 valence electrons. The predicted molar refractivity (Wildman–Crippen MR) is 63.9 cm³/mol. The van der Waals surface area contributed by atoms with Crippen molar-refractivity contribution in [1.29, 1.82) is 0 Å². The van der Waals surface area contributed by atoms with Crippen LogP contribution in [0.1, 0.15) is 6.92 Å². The summed E-state index contributed by atoms with van der Waals surface area (Å²) in [5.41, 5.74) is 0. The van der Waals surface area contributed by atoms with Crippen molar-refractivity contribution in [3.8, 4) is 6.01 Å². The third-order valence-corrected chi connectivity index (χ3v) is 3.14. The van der Waals surface area contributed by atoms with Crippen LogP contribution in [0.2, 0.25) is 5.28 Å². The number of ether oxygens (including phenoxy) is 1. The van der Waals surface area contributed by atoms with Gasteiger partial charge < -0.3 is 14.7 Å². The minimum Gasteiger partial charge on any atom is -0.481 e. The highest BCUT2D eigenvalue weighted by Crippen LogP contribution is 2.27. The Morgan fingerprint density at radius 2 is 2.17 bits per heavy atom. The molecule has 2 rings (SSSR count). The first-order valence-electron chi connectivity index (χ1n) is 5.44. The van der Waals surface area contributed by atoms with E-state index in [1.54, 1.807) is 4.90 Å². The topological polar surface area (TPSA) is 88.4 Å². The molecule has 0 amide bonds. The molecule has 18 heavy (non-hydrogen) atoms. The van der Waals surface area contributed by atoms with Crippen molar-refractivity contribution in [3.63, 3.8) is 0 Å². The second-order valence-corrected chi connectivity index (χ2v) is 4.56. The molecule has 0 aromatic carbocycles. The molecule has 1 saturated heterocycles. The average Bonchev–Trinajstić information content (AvgIpc) is 2.70. The summed E-state index contributed by atoms with van der Waals surface area (Å²) < 4.78 is 4.91. The number of rotatable bonds is 3. The quantitative estimate of drug-likeness (QED) is 0.866. The van der Waals surface area contributed by atoms with Gasteiger partial charge in [-0.3, -0.25) is 4.79 Å². The highest BCUT2D eigenvalue weighted by molar-refractivity contribution is 6.28. The number of anilines is 1. The number of carboxylic acid groups (broad SMARTS) is 1. The number of methoxy groups -OCH3 is 1. The Hall–Kier alpha value is -1.63. The Bertz CT molecular complexity index is 470. The lowest BCUT2D eigenvalue weighted by Gasteiger charge is -2.15. The van der Waals surface area contributed by atoms with Gasteiger partial charge in [-0.2, -0.15) is 15.0 Å². The fourth-order valence-corrected chi connectivity index (χ4v) is 2.15. The molecule has 1 aromatic heterocycles. The molecule has 1 aliphatic rings. The molecule has 1 fully saturated rings. The summed E-state index contributed by atoms with van der Waals surface area (Å²) in [5, 5.41) is 9.10. The fraction of sp³-hybridized carbons (Fsp3) is 0.600. The standard InChI is InChI=1S/C10H13ClN4O3/c1-5-3-15(4-6(5)7(16)17)9-12-8(11)13-10(14-9)18-2/h5-6H,3-4H2,1-2H3,(H,16,17)/t5-,6-/m1/s1. The monoisotopic (exact) mass is 272 g/mol. The van der Waals surface area contributed by atoms with E-state index in [2.05, 4.69) is 15.0 Å². The van der Waals surface area contributed by atoms with Gasteiger partial charge in [0.05, 0.1) is 13.0 Å². The van der Waals surface area contributed by atoms with E-state index < -0.39 is 11.9 Å². The van der Waals surface area contributed by atoms with Gasteiger partial charge in [-0.25, -0.2) is 0 Å². The number of aliphatic carboxylic acids is 1.